The number of hydrogen-bond donors (Lipinski definition) is 1. The van der Waals surface area contributed by atoms with E-state index < -0.39 is 5.97 Å². The molecular formula is C14H23N3O3. The summed E-state index contributed by atoms with van der Waals surface area (Å²) in [7, 11) is 0. The molecule has 6 nitrogen and oxygen atoms in total. The van der Waals surface area contributed by atoms with Crippen LogP contribution in [-0.4, -0.2) is 40.5 Å². The Kier molecular flexibility index (Phi) is 5.61. The molecule has 0 radical (unpaired) electrons. The van der Waals surface area contributed by atoms with Gasteiger partial charge in [-0.3, -0.25) is 9.59 Å². The molecule has 1 heterocycles. The van der Waals surface area contributed by atoms with Crippen molar-refractivity contribution in [3.8, 4) is 0 Å². The molecule has 6 heteroatoms. The summed E-state index contributed by atoms with van der Waals surface area (Å²) in [6, 6.07) is 1.53. The maximum Gasteiger partial charge on any atom is 0.325 e. The molecule has 2 N–H and O–H groups in total. The van der Waals surface area contributed by atoms with Crippen LogP contribution in [0.2, 0.25) is 0 Å². The van der Waals surface area contributed by atoms with Crippen LogP contribution in [0.25, 0.3) is 0 Å². The lowest BCUT2D eigenvalue weighted by Gasteiger charge is -2.26. The van der Waals surface area contributed by atoms with Crippen molar-refractivity contribution in [1.82, 2.24) is 9.47 Å². The van der Waals surface area contributed by atoms with Gasteiger partial charge in [-0.25, -0.2) is 0 Å². The van der Waals surface area contributed by atoms with Crippen molar-refractivity contribution >= 4 is 17.6 Å². The molecule has 20 heavy (non-hydrogen) atoms. The van der Waals surface area contributed by atoms with Crippen molar-refractivity contribution in [3.63, 3.8) is 0 Å². The first-order valence-corrected chi connectivity index (χ1v) is 6.82. The number of esters is 1. The molecule has 0 fully saturated rings. The minimum Gasteiger partial charge on any atom is -0.465 e. The number of aryl methyl sites for hydroxylation is 1. The minimum absolute atomic E-state index is 0.0564. The van der Waals surface area contributed by atoms with Crippen LogP contribution in [0.1, 0.15) is 38.2 Å². The average molecular weight is 281 g/mol. The lowest BCUT2D eigenvalue weighted by molar-refractivity contribution is -0.144. The van der Waals surface area contributed by atoms with Gasteiger partial charge in [0.05, 0.1) is 12.3 Å². The molecule has 1 amide bonds. The molecule has 0 saturated heterocycles. The molecule has 0 spiro atoms. The second-order valence-corrected chi connectivity index (χ2v) is 4.78. The van der Waals surface area contributed by atoms with E-state index in [0.717, 1.165) is 0 Å². The summed E-state index contributed by atoms with van der Waals surface area (Å²) in [4.78, 5) is 25.7. The average Bonchev–Trinajstić information content (AvgIpc) is 2.76. The molecule has 1 aromatic heterocycles. The molecule has 0 saturated carbocycles. The quantitative estimate of drug-likeness (QED) is 0.802. The Balaban J connectivity index is 2.96. The zero-order chi connectivity index (χ0) is 15.3. The summed E-state index contributed by atoms with van der Waals surface area (Å²) >= 11 is 0. The summed E-state index contributed by atoms with van der Waals surface area (Å²) in [6.45, 7) is 8.28. The van der Waals surface area contributed by atoms with Gasteiger partial charge < -0.3 is 19.9 Å². The summed E-state index contributed by atoms with van der Waals surface area (Å²) in [5.41, 5.74) is 6.76. The van der Waals surface area contributed by atoms with E-state index in [9.17, 15) is 9.59 Å². The second-order valence-electron chi connectivity index (χ2n) is 4.78. The second kappa shape index (κ2) is 6.98. The van der Waals surface area contributed by atoms with Crippen molar-refractivity contribution in [3.05, 3.63) is 18.0 Å². The van der Waals surface area contributed by atoms with E-state index in [-0.39, 0.29) is 18.5 Å². The number of nitrogens with zero attached hydrogens (tertiary/aromatic N) is 2. The van der Waals surface area contributed by atoms with E-state index >= 15 is 0 Å². The summed E-state index contributed by atoms with van der Waals surface area (Å²) in [5, 5.41) is 0. The summed E-state index contributed by atoms with van der Waals surface area (Å²) in [5.74, 6) is -0.622. The third-order valence-electron chi connectivity index (χ3n) is 2.97. The Bertz CT molecular complexity index is 480. The van der Waals surface area contributed by atoms with Crippen LogP contribution in [0.4, 0.5) is 5.69 Å². The van der Waals surface area contributed by atoms with Crippen LogP contribution in [0, 0.1) is 0 Å². The lowest BCUT2D eigenvalue weighted by atomic mass is 10.2. The molecule has 1 aromatic rings. The Morgan fingerprint density at radius 3 is 2.55 bits per heavy atom. The molecule has 0 unspecified atom stereocenters. The van der Waals surface area contributed by atoms with Gasteiger partial charge in [-0.05, 0) is 33.8 Å². The normalized spacial score (nSPS) is 10.7. The van der Waals surface area contributed by atoms with Crippen molar-refractivity contribution in [1.29, 1.82) is 0 Å². The third-order valence-corrected chi connectivity index (χ3v) is 2.97. The first kappa shape index (κ1) is 16.1. The number of aromatic nitrogens is 1. The summed E-state index contributed by atoms with van der Waals surface area (Å²) < 4.78 is 6.68. The van der Waals surface area contributed by atoms with Gasteiger partial charge >= 0.3 is 5.97 Å². The maximum atomic E-state index is 12.6. The fraction of sp³-hybridized carbons (Fsp3) is 0.571. The number of carbonyl (C=O) groups excluding carboxylic acids is 2. The minimum atomic E-state index is -0.405. The molecule has 0 aliphatic rings. The van der Waals surface area contributed by atoms with Crippen molar-refractivity contribution in [2.75, 3.05) is 18.9 Å². The van der Waals surface area contributed by atoms with Gasteiger partial charge in [0, 0.05) is 18.8 Å². The highest BCUT2D eigenvalue weighted by atomic mass is 16.5. The fourth-order valence-corrected chi connectivity index (χ4v) is 1.96. The topological polar surface area (TPSA) is 77.6 Å². The highest BCUT2D eigenvalue weighted by molar-refractivity contribution is 5.95. The Labute approximate surface area is 119 Å². The molecule has 0 aliphatic carbocycles. The monoisotopic (exact) mass is 281 g/mol. The van der Waals surface area contributed by atoms with Gasteiger partial charge in [-0.1, -0.05) is 0 Å². The number of carbonyl (C=O) groups is 2. The van der Waals surface area contributed by atoms with Crippen molar-refractivity contribution in [2.24, 2.45) is 0 Å². The number of hydrogen-bond acceptors (Lipinski definition) is 4. The predicted molar refractivity (Wildman–Crippen MR) is 77.3 cm³/mol. The van der Waals surface area contributed by atoms with Gasteiger partial charge in [-0.15, -0.1) is 0 Å². The number of anilines is 1. The van der Waals surface area contributed by atoms with Crippen molar-refractivity contribution in [2.45, 2.75) is 40.3 Å². The van der Waals surface area contributed by atoms with Gasteiger partial charge in [0.2, 0.25) is 0 Å². The van der Waals surface area contributed by atoms with E-state index in [1.807, 2.05) is 20.8 Å². The Morgan fingerprint density at radius 1 is 1.40 bits per heavy atom. The zero-order valence-corrected chi connectivity index (χ0v) is 12.5. The Hall–Kier alpha value is -1.98. The first-order valence-electron chi connectivity index (χ1n) is 6.82. The number of ether oxygens (including phenoxy) is 1. The van der Waals surface area contributed by atoms with Crippen LogP contribution in [0.15, 0.2) is 12.3 Å². The number of rotatable bonds is 6. The van der Waals surface area contributed by atoms with E-state index in [1.54, 1.807) is 23.8 Å². The molecule has 0 aromatic carbocycles. The van der Waals surface area contributed by atoms with Gasteiger partial charge in [0.15, 0.2) is 0 Å². The van der Waals surface area contributed by atoms with Crippen LogP contribution in [0.5, 0.6) is 0 Å². The maximum absolute atomic E-state index is 12.6. The van der Waals surface area contributed by atoms with Crippen LogP contribution in [-0.2, 0) is 16.1 Å². The SMILES string of the molecule is CCOC(=O)CN(C(=O)c1cc(N)cn1CC)C(C)C. The summed E-state index contributed by atoms with van der Waals surface area (Å²) in [6.07, 6.45) is 1.72. The standard InChI is InChI=1S/C14H23N3O3/c1-5-16-8-11(15)7-12(16)14(19)17(10(3)4)9-13(18)20-6-2/h7-8,10H,5-6,9,15H2,1-4H3. The van der Waals surface area contributed by atoms with Gasteiger partial charge in [0.1, 0.15) is 12.2 Å². The molecule has 1 rings (SSSR count). The fourth-order valence-electron chi connectivity index (χ4n) is 1.96. The molecular weight excluding hydrogens is 258 g/mol. The number of amides is 1. The van der Waals surface area contributed by atoms with Crippen LogP contribution < -0.4 is 5.73 Å². The molecule has 112 valence electrons. The predicted octanol–water partition coefficient (Wildman–Crippen LogP) is 1.50. The lowest BCUT2D eigenvalue weighted by Crippen LogP contribution is -2.42. The van der Waals surface area contributed by atoms with Gasteiger partial charge in [-0.2, -0.15) is 0 Å². The molecule has 0 bridgehead atoms. The largest absolute Gasteiger partial charge is 0.465 e. The van der Waals surface area contributed by atoms with Crippen LogP contribution in [0.3, 0.4) is 0 Å². The molecule has 0 atom stereocenters. The third kappa shape index (κ3) is 3.76. The number of nitrogens with two attached hydrogens (primary N) is 1. The van der Waals surface area contributed by atoms with Crippen molar-refractivity contribution < 1.29 is 14.3 Å². The van der Waals surface area contributed by atoms with E-state index in [4.69, 9.17) is 10.5 Å². The zero-order valence-electron chi connectivity index (χ0n) is 12.5. The highest BCUT2D eigenvalue weighted by Crippen LogP contribution is 2.15. The smallest absolute Gasteiger partial charge is 0.325 e. The van der Waals surface area contributed by atoms with E-state index in [0.29, 0.717) is 24.5 Å². The Morgan fingerprint density at radius 2 is 2.05 bits per heavy atom. The first-order chi connectivity index (χ1) is 9.40. The molecule has 0 aliphatic heterocycles. The van der Waals surface area contributed by atoms with Gasteiger partial charge in [0.25, 0.3) is 5.91 Å². The highest BCUT2D eigenvalue weighted by Gasteiger charge is 2.24. The number of nitrogen functional groups attached to an aromatic ring is 1. The van der Waals surface area contributed by atoms with Crippen LogP contribution >= 0.6 is 0 Å². The van der Waals surface area contributed by atoms with E-state index in [2.05, 4.69) is 0 Å². The van der Waals surface area contributed by atoms with E-state index in [1.165, 1.54) is 4.90 Å².